The Labute approximate surface area is 143 Å². The van der Waals surface area contributed by atoms with E-state index in [0.29, 0.717) is 0 Å². The van der Waals surface area contributed by atoms with Crippen molar-refractivity contribution in [3.05, 3.63) is 47.0 Å². The SMILES string of the molecule is CCCc1ncc2c(n1)CCN(Cc1ccc(OC)c(OC)c1)C2. The van der Waals surface area contributed by atoms with Crippen LogP contribution in [0.1, 0.15) is 36.0 Å². The molecule has 0 bridgehead atoms. The summed E-state index contributed by atoms with van der Waals surface area (Å²) in [5.74, 6) is 2.52. The number of aryl methyl sites for hydroxylation is 1. The highest BCUT2D eigenvalue weighted by Gasteiger charge is 2.19. The normalized spacial score (nSPS) is 14.3. The van der Waals surface area contributed by atoms with Gasteiger partial charge in [0, 0.05) is 49.9 Å². The Morgan fingerprint density at radius 1 is 1.17 bits per heavy atom. The molecular formula is C19H25N3O2. The summed E-state index contributed by atoms with van der Waals surface area (Å²) >= 11 is 0. The van der Waals surface area contributed by atoms with Crippen molar-refractivity contribution in [2.24, 2.45) is 0 Å². The summed E-state index contributed by atoms with van der Waals surface area (Å²) in [5.41, 5.74) is 3.69. The molecule has 5 nitrogen and oxygen atoms in total. The van der Waals surface area contributed by atoms with E-state index >= 15 is 0 Å². The van der Waals surface area contributed by atoms with Crippen molar-refractivity contribution < 1.29 is 9.47 Å². The fourth-order valence-corrected chi connectivity index (χ4v) is 3.13. The molecule has 0 N–H and O–H groups in total. The third kappa shape index (κ3) is 3.67. The molecule has 3 rings (SSSR count). The van der Waals surface area contributed by atoms with E-state index in [1.807, 2.05) is 12.3 Å². The maximum atomic E-state index is 5.39. The van der Waals surface area contributed by atoms with Gasteiger partial charge in [-0.1, -0.05) is 13.0 Å². The van der Waals surface area contributed by atoms with Gasteiger partial charge in [-0.3, -0.25) is 4.90 Å². The Kier molecular flexibility index (Phi) is 5.30. The van der Waals surface area contributed by atoms with Gasteiger partial charge in [0.25, 0.3) is 0 Å². The standard InChI is InChI=1S/C19H25N3O2/c1-4-5-19-20-11-15-13-22(9-8-16(15)21-19)12-14-6-7-17(23-2)18(10-14)24-3/h6-7,10-11H,4-5,8-9,12-13H2,1-3H3. The molecule has 0 radical (unpaired) electrons. The van der Waals surface area contributed by atoms with Crippen LogP contribution in [0.25, 0.3) is 0 Å². The molecule has 1 aromatic heterocycles. The van der Waals surface area contributed by atoms with Crippen molar-refractivity contribution in [2.45, 2.75) is 39.3 Å². The first-order valence-corrected chi connectivity index (χ1v) is 8.50. The molecule has 1 aliphatic rings. The van der Waals surface area contributed by atoms with Gasteiger partial charge in [-0.15, -0.1) is 0 Å². The average molecular weight is 327 g/mol. The third-order valence-corrected chi connectivity index (χ3v) is 4.39. The summed E-state index contributed by atoms with van der Waals surface area (Å²) in [4.78, 5) is 11.6. The van der Waals surface area contributed by atoms with E-state index in [0.717, 1.165) is 56.2 Å². The largest absolute Gasteiger partial charge is 0.493 e. The number of rotatable bonds is 6. The van der Waals surface area contributed by atoms with Gasteiger partial charge in [-0.25, -0.2) is 9.97 Å². The lowest BCUT2D eigenvalue weighted by molar-refractivity contribution is 0.242. The molecule has 0 aliphatic carbocycles. The number of hydrogen-bond donors (Lipinski definition) is 0. The van der Waals surface area contributed by atoms with E-state index in [9.17, 15) is 0 Å². The minimum absolute atomic E-state index is 0.766. The topological polar surface area (TPSA) is 47.5 Å². The number of fused-ring (bicyclic) bond motifs is 1. The van der Waals surface area contributed by atoms with E-state index in [2.05, 4.69) is 28.9 Å². The predicted molar refractivity (Wildman–Crippen MR) is 93.4 cm³/mol. The van der Waals surface area contributed by atoms with Crippen molar-refractivity contribution in [3.8, 4) is 11.5 Å². The Bertz CT molecular complexity index is 703. The second-order valence-electron chi connectivity index (χ2n) is 6.16. The average Bonchev–Trinajstić information content (AvgIpc) is 2.62. The molecule has 0 spiro atoms. The van der Waals surface area contributed by atoms with E-state index in [4.69, 9.17) is 14.5 Å². The summed E-state index contributed by atoms with van der Waals surface area (Å²) in [5, 5.41) is 0. The fourth-order valence-electron chi connectivity index (χ4n) is 3.13. The van der Waals surface area contributed by atoms with Crippen molar-refractivity contribution >= 4 is 0 Å². The molecule has 128 valence electrons. The smallest absolute Gasteiger partial charge is 0.161 e. The highest BCUT2D eigenvalue weighted by molar-refractivity contribution is 5.42. The lowest BCUT2D eigenvalue weighted by Gasteiger charge is -2.28. The highest BCUT2D eigenvalue weighted by atomic mass is 16.5. The first kappa shape index (κ1) is 16.7. The molecule has 0 saturated heterocycles. The van der Waals surface area contributed by atoms with Crippen LogP contribution in [0.4, 0.5) is 0 Å². The Balaban J connectivity index is 1.70. The second kappa shape index (κ2) is 7.62. The molecule has 0 saturated carbocycles. The van der Waals surface area contributed by atoms with E-state index in [1.165, 1.54) is 16.8 Å². The van der Waals surface area contributed by atoms with Crippen LogP contribution in [0.5, 0.6) is 11.5 Å². The summed E-state index contributed by atoms with van der Waals surface area (Å²) in [6.07, 6.45) is 5.04. The van der Waals surface area contributed by atoms with Crippen molar-refractivity contribution in [2.75, 3.05) is 20.8 Å². The molecule has 0 atom stereocenters. The van der Waals surface area contributed by atoms with E-state index in [-0.39, 0.29) is 0 Å². The van der Waals surface area contributed by atoms with Crippen LogP contribution in [0.2, 0.25) is 0 Å². The van der Waals surface area contributed by atoms with Crippen molar-refractivity contribution in [1.82, 2.24) is 14.9 Å². The minimum atomic E-state index is 0.766. The van der Waals surface area contributed by atoms with Gasteiger partial charge in [0.15, 0.2) is 11.5 Å². The van der Waals surface area contributed by atoms with Gasteiger partial charge in [0.1, 0.15) is 5.82 Å². The first-order chi connectivity index (χ1) is 11.7. The van der Waals surface area contributed by atoms with Gasteiger partial charge in [-0.2, -0.15) is 0 Å². The van der Waals surface area contributed by atoms with Crippen LogP contribution in [-0.2, 0) is 25.9 Å². The number of methoxy groups -OCH3 is 2. The van der Waals surface area contributed by atoms with Crippen LogP contribution < -0.4 is 9.47 Å². The zero-order valence-corrected chi connectivity index (χ0v) is 14.7. The van der Waals surface area contributed by atoms with Gasteiger partial charge < -0.3 is 9.47 Å². The molecule has 0 fully saturated rings. The van der Waals surface area contributed by atoms with E-state index in [1.54, 1.807) is 14.2 Å². The molecule has 0 amide bonds. The number of ether oxygens (including phenoxy) is 2. The van der Waals surface area contributed by atoms with Crippen LogP contribution in [0, 0.1) is 0 Å². The molecule has 24 heavy (non-hydrogen) atoms. The van der Waals surface area contributed by atoms with Crippen LogP contribution in [0.15, 0.2) is 24.4 Å². The number of aromatic nitrogens is 2. The number of hydrogen-bond acceptors (Lipinski definition) is 5. The van der Waals surface area contributed by atoms with Crippen molar-refractivity contribution in [1.29, 1.82) is 0 Å². The Morgan fingerprint density at radius 3 is 2.75 bits per heavy atom. The predicted octanol–water partition coefficient (Wildman–Crippen LogP) is 3.00. The third-order valence-electron chi connectivity index (χ3n) is 4.39. The highest BCUT2D eigenvalue weighted by Crippen LogP contribution is 2.28. The quantitative estimate of drug-likeness (QED) is 0.816. The molecular weight excluding hydrogens is 302 g/mol. The second-order valence-corrected chi connectivity index (χ2v) is 6.16. The molecule has 0 unspecified atom stereocenters. The summed E-state index contributed by atoms with van der Waals surface area (Å²) in [7, 11) is 3.33. The van der Waals surface area contributed by atoms with E-state index < -0.39 is 0 Å². The van der Waals surface area contributed by atoms with Crippen molar-refractivity contribution in [3.63, 3.8) is 0 Å². The molecule has 1 aromatic carbocycles. The fraction of sp³-hybridized carbons (Fsp3) is 0.474. The maximum absolute atomic E-state index is 5.39. The first-order valence-electron chi connectivity index (χ1n) is 8.50. The number of nitrogens with zero attached hydrogens (tertiary/aromatic N) is 3. The van der Waals surface area contributed by atoms with Gasteiger partial charge in [-0.05, 0) is 24.1 Å². The lowest BCUT2D eigenvalue weighted by Crippen LogP contribution is -2.31. The lowest BCUT2D eigenvalue weighted by atomic mass is 10.1. The number of benzene rings is 1. The van der Waals surface area contributed by atoms with Crippen LogP contribution in [-0.4, -0.2) is 35.6 Å². The van der Waals surface area contributed by atoms with Crippen LogP contribution in [0.3, 0.4) is 0 Å². The zero-order valence-electron chi connectivity index (χ0n) is 14.7. The Hall–Kier alpha value is -2.14. The molecule has 2 heterocycles. The minimum Gasteiger partial charge on any atom is -0.493 e. The summed E-state index contributed by atoms with van der Waals surface area (Å²) < 4.78 is 10.7. The molecule has 5 heteroatoms. The van der Waals surface area contributed by atoms with Gasteiger partial charge in [0.2, 0.25) is 0 Å². The summed E-state index contributed by atoms with van der Waals surface area (Å²) in [6.45, 7) is 4.96. The van der Waals surface area contributed by atoms with Crippen LogP contribution >= 0.6 is 0 Å². The summed E-state index contributed by atoms with van der Waals surface area (Å²) in [6, 6.07) is 6.11. The van der Waals surface area contributed by atoms with Gasteiger partial charge >= 0.3 is 0 Å². The molecule has 1 aliphatic heterocycles. The molecule has 2 aromatic rings. The monoisotopic (exact) mass is 327 g/mol. The maximum Gasteiger partial charge on any atom is 0.161 e. The van der Waals surface area contributed by atoms with Gasteiger partial charge in [0.05, 0.1) is 14.2 Å². The zero-order chi connectivity index (χ0) is 16.9. The Morgan fingerprint density at radius 2 is 2.00 bits per heavy atom.